The molecule has 1 fully saturated rings. The summed E-state index contributed by atoms with van der Waals surface area (Å²) in [5.41, 5.74) is 4.45. The minimum Gasteiger partial charge on any atom is -0.495 e. The number of likely N-dealkylation sites (N-methyl/N-ethyl adjacent to an activating group) is 1. The summed E-state index contributed by atoms with van der Waals surface area (Å²) in [5, 5.41) is 12.5. The molecule has 0 spiro atoms. The highest BCUT2D eigenvalue weighted by atomic mass is 16.5. The molecule has 1 N–H and O–H groups in total. The fraction of sp³-hybridized carbons (Fsp3) is 0.440. The number of hydrogen-bond acceptors (Lipinski definition) is 8. The summed E-state index contributed by atoms with van der Waals surface area (Å²) in [5.74, 6) is 1.96. The van der Waals surface area contributed by atoms with Crippen molar-refractivity contribution in [1.29, 1.82) is 0 Å². The van der Waals surface area contributed by atoms with Crippen LogP contribution >= 0.6 is 0 Å². The molecule has 35 heavy (non-hydrogen) atoms. The Labute approximate surface area is 205 Å². The standard InChI is InChI=1S/C25H33N9O/c1-18(2)7-8-33-17-19(14-27-33)22-15-26-16-24-29-25(30-34(22)24)28-20-5-6-21(23(13-20)35-4)32-11-9-31(3)10-12-32/h5-6,13-18H,7-12H2,1-4H3,(H,28,30). The maximum Gasteiger partial charge on any atom is 0.247 e. The molecule has 1 aliphatic rings. The number of piperazine rings is 1. The zero-order valence-electron chi connectivity index (χ0n) is 20.8. The second-order valence-corrected chi connectivity index (χ2v) is 9.47. The molecule has 1 saturated heterocycles. The molecule has 0 amide bonds. The summed E-state index contributed by atoms with van der Waals surface area (Å²) < 4.78 is 9.49. The first kappa shape index (κ1) is 23.1. The lowest BCUT2D eigenvalue weighted by molar-refractivity contribution is 0.311. The van der Waals surface area contributed by atoms with Crippen LogP contribution < -0.4 is 15.0 Å². The molecule has 10 heteroatoms. The topological polar surface area (TPSA) is 88.6 Å². The molecule has 0 saturated carbocycles. The fourth-order valence-corrected chi connectivity index (χ4v) is 4.27. The highest BCUT2D eigenvalue weighted by Gasteiger charge is 2.18. The van der Waals surface area contributed by atoms with Gasteiger partial charge in [-0.05, 0) is 31.5 Å². The first-order valence-corrected chi connectivity index (χ1v) is 12.1. The van der Waals surface area contributed by atoms with Crippen molar-refractivity contribution in [2.45, 2.75) is 26.8 Å². The van der Waals surface area contributed by atoms with Crippen molar-refractivity contribution in [3.63, 3.8) is 0 Å². The number of rotatable bonds is 8. The molecule has 184 valence electrons. The number of nitrogens with zero attached hydrogens (tertiary/aromatic N) is 8. The van der Waals surface area contributed by atoms with Crippen LogP contribution in [0, 0.1) is 5.92 Å². The van der Waals surface area contributed by atoms with Gasteiger partial charge in [0.25, 0.3) is 0 Å². The van der Waals surface area contributed by atoms with E-state index in [1.54, 1.807) is 24.0 Å². The Morgan fingerprint density at radius 3 is 2.69 bits per heavy atom. The van der Waals surface area contributed by atoms with Gasteiger partial charge in [-0.25, -0.2) is 4.52 Å². The zero-order chi connectivity index (χ0) is 24.4. The molecular weight excluding hydrogens is 442 g/mol. The van der Waals surface area contributed by atoms with E-state index in [1.165, 1.54) is 0 Å². The number of ether oxygens (including phenoxy) is 1. The lowest BCUT2D eigenvalue weighted by Gasteiger charge is -2.34. The van der Waals surface area contributed by atoms with E-state index in [9.17, 15) is 0 Å². The lowest BCUT2D eigenvalue weighted by atomic mass is 10.1. The van der Waals surface area contributed by atoms with E-state index >= 15 is 0 Å². The number of nitrogens with one attached hydrogen (secondary N) is 1. The number of methoxy groups -OCH3 is 1. The maximum absolute atomic E-state index is 5.72. The monoisotopic (exact) mass is 475 g/mol. The van der Waals surface area contributed by atoms with E-state index in [4.69, 9.17) is 9.84 Å². The van der Waals surface area contributed by atoms with E-state index in [1.807, 2.05) is 29.2 Å². The molecule has 0 aliphatic carbocycles. The summed E-state index contributed by atoms with van der Waals surface area (Å²) in [7, 11) is 3.87. The van der Waals surface area contributed by atoms with E-state index in [0.29, 0.717) is 17.5 Å². The number of fused-ring (bicyclic) bond motifs is 1. The van der Waals surface area contributed by atoms with E-state index in [0.717, 1.165) is 67.5 Å². The van der Waals surface area contributed by atoms with Crippen LogP contribution in [-0.4, -0.2) is 74.6 Å². The van der Waals surface area contributed by atoms with Crippen molar-refractivity contribution in [2.24, 2.45) is 5.92 Å². The van der Waals surface area contributed by atoms with Crippen LogP contribution in [0.25, 0.3) is 16.9 Å². The van der Waals surface area contributed by atoms with Crippen LogP contribution in [0.5, 0.6) is 5.75 Å². The van der Waals surface area contributed by atoms with Gasteiger partial charge in [0.2, 0.25) is 5.95 Å². The molecule has 4 aromatic rings. The molecular formula is C25H33N9O. The summed E-state index contributed by atoms with van der Waals surface area (Å²) in [6.07, 6.45) is 8.48. The van der Waals surface area contributed by atoms with Crippen molar-refractivity contribution in [2.75, 3.05) is 50.6 Å². The molecule has 1 aromatic carbocycles. The van der Waals surface area contributed by atoms with Crippen molar-refractivity contribution in [3.05, 3.63) is 43.0 Å². The molecule has 5 rings (SSSR count). The number of benzene rings is 1. The van der Waals surface area contributed by atoms with Crippen molar-refractivity contribution < 1.29 is 4.74 Å². The second kappa shape index (κ2) is 9.91. The predicted octanol–water partition coefficient (Wildman–Crippen LogP) is 3.54. The third kappa shape index (κ3) is 5.07. The summed E-state index contributed by atoms with van der Waals surface area (Å²) >= 11 is 0. The van der Waals surface area contributed by atoms with Crippen LogP contribution in [0.3, 0.4) is 0 Å². The molecule has 0 atom stereocenters. The zero-order valence-corrected chi connectivity index (χ0v) is 20.8. The number of aromatic nitrogens is 6. The summed E-state index contributed by atoms with van der Waals surface area (Å²) in [4.78, 5) is 13.7. The van der Waals surface area contributed by atoms with E-state index in [2.05, 4.69) is 57.1 Å². The molecule has 0 unspecified atom stereocenters. The Bertz CT molecular complexity index is 1290. The molecule has 10 nitrogen and oxygen atoms in total. The Kier molecular flexibility index (Phi) is 6.54. The number of aryl methyl sites for hydroxylation is 1. The second-order valence-electron chi connectivity index (χ2n) is 9.47. The average molecular weight is 476 g/mol. The predicted molar refractivity (Wildman–Crippen MR) is 137 cm³/mol. The van der Waals surface area contributed by atoms with Crippen molar-refractivity contribution >= 4 is 23.0 Å². The number of hydrogen-bond donors (Lipinski definition) is 1. The Morgan fingerprint density at radius 1 is 1.09 bits per heavy atom. The molecule has 1 aliphatic heterocycles. The fourth-order valence-electron chi connectivity index (χ4n) is 4.27. The van der Waals surface area contributed by atoms with Gasteiger partial charge in [-0.3, -0.25) is 9.67 Å². The average Bonchev–Trinajstić information content (AvgIpc) is 3.50. The Morgan fingerprint density at radius 2 is 1.91 bits per heavy atom. The van der Waals surface area contributed by atoms with Crippen molar-refractivity contribution in [3.8, 4) is 17.0 Å². The first-order valence-electron chi connectivity index (χ1n) is 12.1. The van der Waals surface area contributed by atoms with E-state index < -0.39 is 0 Å². The van der Waals surface area contributed by atoms with E-state index in [-0.39, 0.29) is 0 Å². The largest absolute Gasteiger partial charge is 0.495 e. The molecule has 4 heterocycles. The smallest absolute Gasteiger partial charge is 0.247 e. The normalized spacial score (nSPS) is 14.7. The number of anilines is 3. The van der Waals surface area contributed by atoms with Crippen LogP contribution in [0.4, 0.5) is 17.3 Å². The highest BCUT2D eigenvalue weighted by molar-refractivity contribution is 5.68. The van der Waals surface area contributed by atoms with Crippen LogP contribution in [0.15, 0.2) is 43.0 Å². The van der Waals surface area contributed by atoms with Gasteiger partial charge in [0, 0.05) is 56.2 Å². The lowest BCUT2D eigenvalue weighted by Crippen LogP contribution is -2.44. The SMILES string of the molecule is COc1cc(Nc2nc3cncc(-c4cnn(CCC(C)C)c4)n3n2)ccc1N1CCN(C)CC1. The van der Waals surface area contributed by atoms with Gasteiger partial charge in [0.05, 0.1) is 37.1 Å². The van der Waals surface area contributed by atoms with Crippen LogP contribution in [-0.2, 0) is 6.54 Å². The van der Waals surface area contributed by atoms with Gasteiger partial charge < -0.3 is 19.9 Å². The van der Waals surface area contributed by atoms with Gasteiger partial charge in [0.1, 0.15) is 5.75 Å². The van der Waals surface area contributed by atoms with Gasteiger partial charge in [0.15, 0.2) is 5.65 Å². The minimum absolute atomic E-state index is 0.501. The maximum atomic E-state index is 5.72. The van der Waals surface area contributed by atoms with Gasteiger partial charge >= 0.3 is 0 Å². The molecule has 0 bridgehead atoms. The van der Waals surface area contributed by atoms with Crippen LogP contribution in [0.1, 0.15) is 20.3 Å². The Hall–Kier alpha value is -3.66. The van der Waals surface area contributed by atoms with Crippen molar-refractivity contribution in [1.82, 2.24) is 34.3 Å². The third-order valence-electron chi connectivity index (χ3n) is 6.39. The quantitative estimate of drug-likeness (QED) is 0.414. The first-order chi connectivity index (χ1) is 17.0. The van der Waals surface area contributed by atoms with Gasteiger partial charge in [-0.15, -0.1) is 5.10 Å². The van der Waals surface area contributed by atoms with Gasteiger partial charge in [-0.2, -0.15) is 10.1 Å². The Balaban J connectivity index is 1.37. The summed E-state index contributed by atoms with van der Waals surface area (Å²) in [6, 6.07) is 6.14. The molecule has 0 radical (unpaired) electrons. The molecule has 3 aromatic heterocycles. The summed E-state index contributed by atoms with van der Waals surface area (Å²) in [6.45, 7) is 9.37. The minimum atomic E-state index is 0.501. The highest BCUT2D eigenvalue weighted by Crippen LogP contribution is 2.33. The van der Waals surface area contributed by atoms with Crippen LogP contribution in [0.2, 0.25) is 0 Å². The third-order valence-corrected chi connectivity index (χ3v) is 6.39. The van der Waals surface area contributed by atoms with Gasteiger partial charge in [-0.1, -0.05) is 13.8 Å².